The van der Waals surface area contributed by atoms with Gasteiger partial charge in [-0.2, -0.15) is 0 Å². The van der Waals surface area contributed by atoms with E-state index in [2.05, 4.69) is 159 Å². The van der Waals surface area contributed by atoms with Gasteiger partial charge in [-0.25, -0.2) is 0 Å². The zero-order valence-corrected chi connectivity index (χ0v) is 22.6. The zero-order chi connectivity index (χ0) is 26.3. The lowest BCUT2D eigenvalue weighted by atomic mass is 9.92. The predicted octanol–water partition coefficient (Wildman–Crippen LogP) is 10.4. The lowest BCUT2D eigenvalue weighted by Crippen LogP contribution is -2.15. The Labute approximate surface area is 227 Å². The van der Waals surface area contributed by atoms with E-state index in [1.807, 2.05) is 0 Å². The maximum atomic E-state index is 2.46. The van der Waals surface area contributed by atoms with Gasteiger partial charge in [-0.3, -0.25) is 0 Å². The topological polar surface area (TPSA) is 3.24 Å². The molecular formula is C37H35N. The minimum atomic E-state index is 0.980. The van der Waals surface area contributed by atoms with E-state index in [4.69, 9.17) is 0 Å². The van der Waals surface area contributed by atoms with Crippen LogP contribution in [0.2, 0.25) is 0 Å². The van der Waals surface area contributed by atoms with Crippen LogP contribution in [0.15, 0.2) is 121 Å². The van der Waals surface area contributed by atoms with Gasteiger partial charge in [0.25, 0.3) is 0 Å². The minimum absolute atomic E-state index is 0.980. The van der Waals surface area contributed by atoms with Crippen molar-refractivity contribution < 1.29 is 0 Å². The van der Waals surface area contributed by atoms with Gasteiger partial charge in [-0.05, 0) is 65.8 Å². The molecule has 0 fully saturated rings. The lowest BCUT2D eigenvalue weighted by Gasteiger charge is -2.32. The van der Waals surface area contributed by atoms with Crippen LogP contribution in [-0.2, 0) is 12.8 Å². The van der Waals surface area contributed by atoms with Crippen LogP contribution in [-0.4, -0.2) is 0 Å². The molecule has 0 bridgehead atoms. The highest BCUT2D eigenvalue weighted by Crippen LogP contribution is 2.45. The molecular weight excluding hydrogens is 458 g/mol. The molecule has 0 aliphatic heterocycles. The van der Waals surface area contributed by atoms with Crippen LogP contribution in [0.25, 0.3) is 23.3 Å². The SMILES string of the molecule is CCc1ccc(N(c2ccccc2)c2c(C)cccc2-c2ccccc2)c(/C=C/c2ccccc2)c1CC. The first-order valence-electron chi connectivity index (χ1n) is 13.6. The van der Waals surface area contributed by atoms with Crippen molar-refractivity contribution in [3.8, 4) is 11.1 Å². The summed E-state index contributed by atoms with van der Waals surface area (Å²) in [5, 5.41) is 0. The smallest absolute Gasteiger partial charge is 0.0569 e. The Morgan fingerprint density at radius 1 is 0.605 bits per heavy atom. The number of benzene rings is 5. The number of anilines is 3. The molecule has 0 aliphatic carbocycles. The lowest BCUT2D eigenvalue weighted by molar-refractivity contribution is 1.03. The Morgan fingerprint density at radius 2 is 1.26 bits per heavy atom. The Bertz CT molecular complexity index is 1520. The number of hydrogen-bond acceptors (Lipinski definition) is 1. The number of hydrogen-bond donors (Lipinski definition) is 0. The summed E-state index contributed by atoms with van der Waals surface area (Å²) in [5.41, 5.74) is 12.5. The number of nitrogens with zero attached hydrogens (tertiary/aromatic N) is 1. The molecule has 188 valence electrons. The summed E-state index contributed by atoms with van der Waals surface area (Å²) in [6.45, 7) is 6.75. The molecule has 0 unspecified atom stereocenters. The molecule has 0 aromatic heterocycles. The summed E-state index contributed by atoms with van der Waals surface area (Å²) in [6, 6.07) is 43.4. The second kappa shape index (κ2) is 11.8. The van der Waals surface area contributed by atoms with Gasteiger partial charge >= 0.3 is 0 Å². The van der Waals surface area contributed by atoms with Crippen molar-refractivity contribution in [1.29, 1.82) is 0 Å². The molecule has 1 heteroatoms. The molecule has 0 saturated heterocycles. The Hall–Kier alpha value is -4.36. The fraction of sp³-hybridized carbons (Fsp3) is 0.135. The van der Waals surface area contributed by atoms with Crippen molar-refractivity contribution in [1.82, 2.24) is 0 Å². The van der Waals surface area contributed by atoms with E-state index in [1.165, 1.54) is 50.3 Å². The fourth-order valence-corrected chi connectivity index (χ4v) is 5.34. The van der Waals surface area contributed by atoms with Crippen LogP contribution in [0.5, 0.6) is 0 Å². The Kier molecular flexibility index (Phi) is 7.85. The minimum Gasteiger partial charge on any atom is -0.309 e. The van der Waals surface area contributed by atoms with Gasteiger partial charge in [-0.1, -0.05) is 129 Å². The third kappa shape index (κ3) is 5.19. The summed E-state index contributed by atoms with van der Waals surface area (Å²) in [4.78, 5) is 2.46. The number of aryl methyl sites for hydroxylation is 2. The molecule has 0 saturated carbocycles. The number of rotatable bonds is 8. The predicted molar refractivity (Wildman–Crippen MR) is 165 cm³/mol. The molecule has 0 aliphatic rings. The van der Waals surface area contributed by atoms with E-state index in [0.717, 1.165) is 18.5 Å². The Balaban J connectivity index is 1.81. The molecule has 5 aromatic rings. The highest BCUT2D eigenvalue weighted by atomic mass is 15.1. The van der Waals surface area contributed by atoms with Gasteiger partial charge in [0.15, 0.2) is 0 Å². The summed E-state index contributed by atoms with van der Waals surface area (Å²) in [7, 11) is 0. The van der Waals surface area contributed by atoms with Gasteiger partial charge in [-0.15, -0.1) is 0 Å². The largest absolute Gasteiger partial charge is 0.309 e. The average Bonchev–Trinajstić information content (AvgIpc) is 2.98. The third-order valence-corrected chi connectivity index (χ3v) is 7.21. The van der Waals surface area contributed by atoms with Crippen molar-refractivity contribution in [2.45, 2.75) is 33.6 Å². The van der Waals surface area contributed by atoms with Gasteiger partial charge in [0.2, 0.25) is 0 Å². The molecule has 38 heavy (non-hydrogen) atoms. The zero-order valence-electron chi connectivity index (χ0n) is 22.6. The molecule has 5 aromatic carbocycles. The van der Waals surface area contributed by atoms with E-state index in [-0.39, 0.29) is 0 Å². The maximum Gasteiger partial charge on any atom is 0.0569 e. The molecule has 1 nitrogen and oxygen atoms in total. The molecule has 0 spiro atoms. The van der Waals surface area contributed by atoms with E-state index in [9.17, 15) is 0 Å². The van der Waals surface area contributed by atoms with Crippen molar-refractivity contribution in [3.63, 3.8) is 0 Å². The normalized spacial score (nSPS) is 11.1. The molecule has 0 heterocycles. The van der Waals surface area contributed by atoms with Crippen molar-refractivity contribution in [2.24, 2.45) is 0 Å². The van der Waals surface area contributed by atoms with E-state index >= 15 is 0 Å². The van der Waals surface area contributed by atoms with E-state index in [0.29, 0.717) is 0 Å². The van der Waals surface area contributed by atoms with Crippen LogP contribution >= 0.6 is 0 Å². The van der Waals surface area contributed by atoms with E-state index < -0.39 is 0 Å². The highest BCUT2D eigenvalue weighted by molar-refractivity contribution is 5.93. The standard InChI is InChI=1S/C37H35N/c1-4-30-25-27-36(35(33(30)5-2)26-24-29-17-9-6-10-18-29)38(32-21-13-8-14-22-32)37-28(3)16-15-23-34(37)31-19-11-7-12-20-31/h6-27H,4-5H2,1-3H3/b26-24+. The summed E-state index contributed by atoms with van der Waals surface area (Å²) in [5.74, 6) is 0. The first kappa shape index (κ1) is 25.3. The van der Waals surface area contributed by atoms with Gasteiger partial charge in [0, 0.05) is 16.8 Å². The number of para-hydroxylation sites is 2. The van der Waals surface area contributed by atoms with Crippen LogP contribution < -0.4 is 4.90 Å². The first-order valence-corrected chi connectivity index (χ1v) is 13.6. The van der Waals surface area contributed by atoms with Crippen LogP contribution in [0.1, 0.15) is 41.7 Å². The molecule has 0 radical (unpaired) electrons. The second-order valence-electron chi connectivity index (χ2n) is 9.60. The van der Waals surface area contributed by atoms with E-state index in [1.54, 1.807) is 0 Å². The maximum absolute atomic E-state index is 2.46. The molecule has 0 amide bonds. The third-order valence-electron chi connectivity index (χ3n) is 7.21. The van der Waals surface area contributed by atoms with Crippen molar-refractivity contribution in [2.75, 3.05) is 4.90 Å². The summed E-state index contributed by atoms with van der Waals surface area (Å²) < 4.78 is 0. The van der Waals surface area contributed by atoms with Crippen LogP contribution in [0.4, 0.5) is 17.1 Å². The summed E-state index contributed by atoms with van der Waals surface area (Å²) in [6.07, 6.45) is 6.56. The highest BCUT2D eigenvalue weighted by Gasteiger charge is 2.22. The monoisotopic (exact) mass is 493 g/mol. The van der Waals surface area contributed by atoms with Gasteiger partial charge in [0.05, 0.1) is 11.4 Å². The van der Waals surface area contributed by atoms with Crippen molar-refractivity contribution >= 4 is 29.2 Å². The Morgan fingerprint density at radius 3 is 1.92 bits per heavy atom. The first-order chi connectivity index (χ1) is 18.7. The molecule has 0 N–H and O–H groups in total. The average molecular weight is 494 g/mol. The van der Waals surface area contributed by atoms with Crippen LogP contribution in [0, 0.1) is 6.92 Å². The second-order valence-corrected chi connectivity index (χ2v) is 9.60. The summed E-state index contributed by atoms with van der Waals surface area (Å²) >= 11 is 0. The van der Waals surface area contributed by atoms with Crippen molar-refractivity contribution in [3.05, 3.63) is 149 Å². The molecule has 5 rings (SSSR count). The van der Waals surface area contributed by atoms with Gasteiger partial charge < -0.3 is 4.90 Å². The quantitative estimate of drug-likeness (QED) is 0.194. The fourth-order valence-electron chi connectivity index (χ4n) is 5.34. The molecule has 0 atom stereocenters. The van der Waals surface area contributed by atoms with Gasteiger partial charge in [0.1, 0.15) is 0 Å². The van der Waals surface area contributed by atoms with Crippen LogP contribution in [0.3, 0.4) is 0 Å².